The van der Waals surface area contributed by atoms with E-state index in [4.69, 9.17) is 9.47 Å². The average molecular weight is 353 g/mol. The van der Waals surface area contributed by atoms with E-state index >= 15 is 0 Å². The number of hydrogen-bond donors (Lipinski definition) is 1. The quantitative estimate of drug-likeness (QED) is 0.662. The largest absolute Gasteiger partial charge is 0.497 e. The Morgan fingerprint density at radius 3 is 2.38 bits per heavy atom. The van der Waals surface area contributed by atoms with Crippen LogP contribution in [0.3, 0.4) is 0 Å². The minimum atomic E-state index is -1.19. The van der Waals surface area contributed by atoms with Gasteiger partial charge in [-0.25, -0.2) is 4.79 Å². The van der Waals surface area contributed by atoms with Gasteiger partial charge in [0.2, 0.25) is 0 Å². The van der Waals surface area contributed by atoms with Crippen molar-refractivity contribution in [2.75, 3.05) is 14.2 Å². The number of imide groups is 1. The first-order valence-corrected chi connectivity index (χ1v) is 7.97. The molecule has 2 aromatic carbocycles. The molecule has 1 fully saturated rings. The Labute approximate surface area is 151 Å². The smallest absolute Gasteiger partial charge is 0.346 e. The second-order valence-corrected chi connectivity index (χ2v) is 5.92. The van der Waals surface area contributed by atoms with Crippen LogP contribution >= 0.6 is 0 Å². The fourth-order valence-electron chi connectivity index (χ4n) is 2.70. The lowest BCUT2D eigenvalue weighted by Gasteiger charge is -2.21. The van der Waals surface area contributed by atoms with Gasteiger partial charge < -0.3 is 14.8 Å². The predicted molar refractivity (Wildman–Crippen MR) is 96.3 cm³/mol. The van der Waals surface area contributed by atoms with E-state index in [1.165, 1.54) is 6.21 Å². The third-order valence-corrected chi connectivity index (χ3v) is 4.25. The van der Waals surface area contributed by atoms with Crippen LogP contribution in [0.25, 0.3) is 0 Å². The molecule has 0 spiro atoms. The van der Waals surface area contributed by atoms with Gasteiger partial charge in [0.05, 0.1) is 20.4 Å². The van der Waals surface area contributed by atoms with E-state index < -0.39 is 17.5 Å². The van der Waals surface area contributed by atoms with Crippen molar-refractivity contribution in [2.24, 2.45) is 5.10 Å². The molecule has 1 atom stereocenters. The van der Waals surface area contributed by atoms with Gasteiger partial charge in [0.1, 0.15) is 17.0 Å². The summed E-state index contributed by atoms with van der Waals surface area (Å²) in [5, 5.41) is 7.59. The highest BCUT2D eigenvalue weighted by Gasteiger charge is 2.49. The van der Waals surface area contributed by atoms with Gasteiger partial charge in [-0.3, -0.25) is 4.79 Å². The van der Waals surface area contributed by atoms with Gasteiger partial charge in [0.15, 0.2) is 0 Å². The Hall–Kier alpha value is -3.35. The number of nitrogens with zero attached hydrogens (tertiary/aromatic N) is 2. The van der Waals surface area contributed by atoms with E-state index in [0.29, 0.717) is 22.6 Å². The molecule has 0 bridgehead atoms. The van der Waals surface area contributed by atoms with Gasteiger partial charge in [-0.05, 0) is 42.3 Å². The zero-order valence-electron chi connectivity index (χ0n) is 14.7. The van der Waals surface area contributed by atoms with Crippen LogP contribution in [-0.2, 0) is 10.3 Å². The van der Waals surface area contributed by atoms with Gasteiger partial charge in [-0.2, -0.15) is 5.10 Å². The molecule has 1 heterocycles. The van der Waals surface area contributed by atoms with E-state index in [9.17, 15) is 9.59 Å². The Balaban J connectivity index is 1.84. The summed E-state index contributed by atoms with van der Waals surface area (Å²) >= 11 is 0. The minimum absolute atomic E-state index is 0.452. The molecule has 7 nitrogen and oxygen atoms in total. The van der Waals surface area contributed by atoms with Crippen molar-refractivity contribution in [1.29, 1.82) is 0 Å². The summed E-state index contributed by atoms with van der Waals surface area (Å²) in [6.07, 6.45) is 1.44. The fourth-order valence-corrected chi connectivity index (χ4v) is 2.70. The molecule has 134 valence electrons. The lowest BCUT2D eigenvalue weighted by Crippen LogP contribution is -2.40. The van der Waals surface area contributed by atoms with Crippen LogP contribution < -0.4 is 14.8 Å². The molecule has 26 heavy (non-hydrogen) atoms. The lowest BCUT2D eigenvalue weighted by molar-refractivity contribution is -0.131. The molecular formula is C19H19N3O4. The van der Waals surface area contributed by atoms with Crippen molar-refractivity contribution >= 4 is 18.2 Å². The summed E-state index contributed by atoms with van der Waals surface area (Å²) in [6.45, 7) is 1.65. The molecule has 2 aromatic rings. The first-order valence-electron chi connectivity index (χ1n) is 7.97. The Morgan fingerprint density at radius 1 is 1.04 bits per heavy atom. The van der Waals surface area contributed by atoms with Crippen molar-refractivity contribution in [3.05, 3.63) is 59.7 Å². The highest BCUT2D eigenvalue weighted by atomic mass is 16.5. The molecule has 7 heteroatoms. The molecule has 1 aliphatic heterocycles. The molecule has 0 radical (unpaired) electrons. The average Bonchev–Trinajstić information content (AvgIpc) is 2.89. The van der Waals surface area contributed by atoms with Gasteiger partial charge in [0.25, 0.3) is 5.91 Å². The van der Waals surface area contributed by atoms with E-state index in [2.05, 4.69) is 10.4 Å². The van der Waals surface area contributed by atoms with Crippen LogP contribution in [0.4, 0.5) is 4.79 Å². The Morgan fingerprint density at radius 2 is 1.73 bits per heavy atom. The van der Waals surface area contributed by atoms with Gasteiger partial charge in [-0.1, -0.05) is 24.3 Å². The second-order valence-electron chi connectivity index (χ2n) is 5.92. The second kappa shape index (κ2) is 6.87. The summed E-state index contributed by atoms with van der Waals surface area (Å²) in [6, 6.07) is 13.5. The molecule has 1 N–H and O–H groups in total. The number of amides is 3. The topological polar surface area (TPSA) is 80.2 Å². The zero-order chi connectivity index (χ0) is 18.7. The Kier molecular flexibility index (Phi) is 4.62. The summed E-state index contributed by atoms with van der Waals surface area (Å²) in [5.74, 6) is 0.878. The van der Waals surface area contributed by atoms with Crippen LogP contribution in [0.15, 0.2) is 53.6 Å². The number of ether oxygens (including phenoxy) is 2. The van der Waals surface area contributed by atoms with E-state index in [1.54, 1.807) is 69.7 Å². The normalized spacial score (nSPS) is 19.7. The SMILES string of the molecule is COc1ccc(C2(C)NC(=O)N(/N=C/c3cccc(OC)c3)C2=O)cc1. The summed E-state index contributed by atoms with van der Waals surface area (Å²) < 4.78 is 10.3. The van der Waals surface area contributed by atoms with Gasteiger partial charge in [0, 0.05) is 0 Å². The third-order valence-electron chi connectivity index (χ3n) is 4.25. The van der Waals surface area contributed by atoms with E-state index in [1.807, 2.05) is 0 Å². The van der Waals surface area contributed by atoms with Gasteiger partial charge in [-0.15, -0.1) is 5.01 Å². The van der Waals surface area contributed by atoms with Crippen molar-refractivity contribution in [3.63, 3.8) is 0 Å². The lowest BCUT2D eigenvalue weighted by atomic mass is 9.92. The van der Waals surface area contributed by atoms with Crippen LogP contribution in [0.5, 0.6) is 11.5 Å². The first kappa shape index (κ1) is 17.5. The predicted octanol–water partition coefficient (Wildman–Crippen LogP) is 2.50. The maximum Gasteiger partial charge on any atom is 0.346 e. The first-order chi connectivity index (χ1) is 12.5. The van der Waals surface area contributed by atoms with Crippen LogP contribution in [0, 0.1) is 0 Å². The molecule has 0 saturated carbocycles. The monoisotopic (exact) mass is 353 g/mol. The number of carbonyl (C=O) groups is 2. The van der Waals surface area contributed by atoms with Crippen LogP contribution in [0.2, 0.25) is 0 Å². The number of hydrazone groups is 1. The van der Waals surface area contributed by atoms with Crippen molar-refractivity contribution in [2.45, 2.75) is 12.5 Å². The number of urea groups is 1. The van der Waals surface area contributed by atoms with Crippen molar-refractivity contribution in [1.82, 2.24) is 10.3 Å². The summed E-state index contributed by atoms with van der Waals surface area (Å²) in [7, 11) is 3.13. The minimum Gasteiger partial charge on any atom is -0.497 e. The van der Waals surface area contributed by atoms with Gasteiger partial charge >= 0.3 is 6.03 Å². The van der Waals surface area contributed by atoms with Crippen LogP contribution in [0.1, 0.15) is 18.1 Å². The molecular weight excluding hydrogens is 334 g/mol. The zero-order valence-corrected chi connectivity index (χ0v) is 14.7. The number of rotatable bonds is 5. The summed E-state index contributed by atoms with van der Waals surface area (Å²) in [4.78, 5) is 25.1. The number of methoxy groups -OCH3 is 2. The molecule has 0 aliphatic carbocycles. The standard InChI is InChI=1S/C19H19N3O4/c1-19(14-7-9-15(25-2)10-8-14)17(23)22(18(24)21-19)20-12-13-5-4-6-16(11-13)26-3/h4-12H,1-3H3,(H,21,24)/b20-12+. The maximum absolute atomic E-state index is 12.8. The molecule has 1 unspecified atom stereocenters. The molecule has 3 rings (SSSR count). The molecule has 1 saturated heterocycles. The highest BCUT2D eigenvalue weighted by molar-refractivity contribution is 6.07. The van der Waals surface area contributed by atoms with Crippen molar-refractivity contribution < 1.29 is 19.1 Å². The van der Waals surface area contributed by atoms with E-state index in [0.717, 1.165) is 5.01 Å². The third kappa shape index (κ3) is 3.11. The van der Waals surface area contributed by atoms with E-state index in [-0.39, 0.29) is 0 Å². The number of hydrogen-bond acceptors (Lipinski definition) is 5. The molecule has 1 aliphatic rings. The number of nitrogens with one attached hydrogen (secondary N) is 1. The van der Waals surface area contributed by atoms with Crippen LogP contribution in [-0.4, -0.2) is 37.4 Å². The summed E-state index contributed by atoms with van der Waals surface area (Å²) in [5.41, 5.74) is 0.174. The highest BCUT2D eigenvalue weighted by Crippen LogP contribution is 2.30. The molecule has 3 amide bonds. The molecule has 0 aromatic heterocycles. The van der Waals surface area contributed by atoms with Crippen molar-refractivity contribution in [3.8, 4) is 11.5 Å². The Bertz CT molecular complexity index is 863. The number of benzene rings is 2. The fraction of sp³-hybridized carbons (Fsp3) is 0.211. The maximum atomic E-state index is 12.8. The number of carbonyl (C=O) groups excluding carboxylic acids is 2.